The van der Waals surface area contributed by atoms with Gasteiger partial charge in [-0.05, 0) is 35.2 Å². The van der Waals surface area contributed by atoms with E-state index in [9.17, 15) is 0 Å². The first-order chi connectivity index (χ1) is 12.8. The van der Waals surface area contributed by atoms with Gasteiger partial charge < -0.3 is 10.6 Å². The van der Waals surface area contributed by atoms with Crippen LogP contribution in [0.25, 0.3) is 5.69 Å². The van der Waals surface area contributed by atoms with Crippen LogP contribution >= 0.6 is 24.0 Å². The van der Waals surface area contributed by atoms with Gasteiger partial charge in [0.25, 0.3) is 0 Å². The summed E-state index contributed by atoms with van der Waals surface area (Å²) in [7, 11) is 1.79. The van der Waals surface area contributed by atoms with E-state index in [-0.39, 0.29) is 24.0 Å². The van der Waals surface area contributed by atoms with Crippen molar-refractivity contribution in [3.8, 4) is 5.69 Å². The fourth-order valence-corrected chi connectivity index (χ4v) is 2.79. The number of hydrogen-bond donors (Lipinski definition) is 2. The Balaban J connectivity index is 0.00000261. The molecule has 1 aromatic heterocycles. The molecule has 27 heavy (non-hydrogen) atoms. The highest BCUT2D eigenvalue weighted by atomic mass is 127. The minimum atomic E-state index is 0. The average molecular weight is 475 g/mol. The molecule has 0 amide bonds. The van der Waals surface area contributed by atoms with E-state index in [1.807, 2.05) is 35.1 Å². The second kappa shape index (κ2) is 10.7. The molecule has 142 valence electrons. The van der Waals surface area contributed by atoms with Gasteiger partial charge in [0.2, 0.25) is 0 Å². The minimum absolute atomic E-state index is 0. The van der Waals surface area contributed by atoms with Gasteiger partial charge in [-0.1, -0.05) is 49.4 Å². The topological polar surface area (TPSA) is 54.2 Å². The van der Waals surface area contributed by atoms with Crippen LogP contribution in [0.1, 0.15) is 24.0 Å². The van der Waals surface area contributed by atoms with E-state index in [0.29, 0.717) is 12.5 Å². The monoisotopic (exact) mass is 475 g/mol. The van der Waals surface area contributed by atoms with Crippen molar-refractivity contribution < 1.29 is 0 Å². The van der Waals surface area contributed by atoms with Crippen LogP contribution in [0.5, 0.6) is 0 Å². The van der Waals surface area contributed by atoms with Crippen molar-refractivity contribution in [2.24, 2.45) is 4.99 Å². The molecule has 0 spiro atoms. The van der Waals surface area contributed by atoms with Gasteiger partial charge in [0.1, 0.15) is 0 Å². The molecule has 0 bridgehead atoms. The van der Waals surface area contributed by atoms with E-state index in [4.69, 9.17) is 0 Å². The van der Waals surface area contributed by atoms with E-state index in [0.717, 1.165) is 18.2 Å². The highest BCUT2D eigenvalue weighted by Gasteiger charge is 2.06. The molecule has 3 aromatic rings. The first kappa shape index (κ1) is 21.0. The third-order valence-electron chi connectivity index (χ3n) is 4.31. The predicted molar refractivity (Wildman–Crippen MR) is 122 cm³/mol. The van der Waals surface area contributed by atoms with Crippen molar-refractivity contribution in [2.75, 3.05) is 13.6 Å². The number of hydrogen-bond acceptors (Lipinski definition) is 2. The van der Waals surface area contributed by atoms with E-state index in [2.05, 4.69) is 64.0 Å². The van der Waals surface area contributed by atoms with Crippen LogP contribution in [0, 0.1) is 0 Å². The number of nitrogens with one attached hydrogen (secondary N) is 2. The van der Waals surface area contributed by atoms with E-state index < -0.39 is 0 Å². The largest absolute Gasteiger partial charge is 0.356 e. The van der Waals surface area contributed by atoms with Crippen molar-refractivity contribution in [3.05, 3.63) is 84.2 Å². The van der Waals surface area contributed by atoms with Crippen LogP contribution in [-0.4, -0.2) is 29.3 Å². The lowest BCUT2D eigenvalue weighted by Crippen LogP contribution is -2.38. The maximum Gasteiger partial charge on any atom is 0.191 e. The Morgan fingerprint density at radius 3 is 2.59 bits per heavy atom. The standard InChI is InChI=1S/C21H25N5.HI/c1-17(19-9-4-3-5-10-19)15-23-21(22-2)24-16-18-8-6-11-20(14-18)26-13-7-12-25-26;/h3-14,17H,15-16H2,1-2H3,(H2,22,23,24);1H. The molecular formula is C21H26IN5. The molecule has 0 saturated carbocycles. The van der Waals surface area contributed by atoms with Gasteiger partial charge in [-0.15, -0.1) is 24.0 Å². The normalized spacial score (nSPS) is 12.1. The molecule has 2 N–H and O–H groups in total. The van der Waals surface area contributed by atoms with Crippen LogP contribution in [0.3, 0.4) is 0 Å². The van der Waals surface area contributed by atoms with E-state index in [1.54, 1.807) is 13.2 Å². The van der Waals surface area contributed by atoms with Crippen LogP contribution in [0.2, 0.25) is 0 Å². The zero-order valence-electron chi connectivity index (χ0n) is 15.7. The lowest BCUT2D eigenvalue weighted by molar-refractivity contribution is 0.699. The van der Waals surface area contributed by atoms with Crippen LogP contribution in [0.15, 0.2) is 78.0 Å². The van der Waals surface area contributed by atoms with Crippen molar-refractivity contribution >= 4 is 29.9 Å². The lowest BCUT2D eigenvalue weighted by Gasteiger charge is -2.16. The molecule has 1 heterocycles. The van der Waals surface area contributed by atoms with Crippen molar-refractivity contribution in [3.63, 3.8) is 0 Å². The van der Waals surface area contributed by atoms with Crippen molar-refractivity contribution in [2.45, 2.75) is 19.4 Å². The molecule has 3 rings (SSSR count). The summed E-state index contributed by atoms with van der Waals surface area (Å²) in [6.45, 7) is 3.74. The second-order valence-electron chi connectivity index (χ2n) is 6.24. The summed E-state index contributed by atoms with van der Waals surface area (Å²) >= 11 is 0. The third kappa shape index (κ3) is 6.09. The Morgan fingerprint density at radius 1 is 1.07 bits per heavy atom. The Bertz CT molecular complexity index is 831. The number of aliphatic imine (C=N–C) groups is 1. The highest BCUT2D eigenvalue weighted by molar-refractivity contribution is 14.0. The number of guanidine groups is 1. The van der Waals surface area contributed by atoms with E-state index in [1.165, 1.54) is 11.1 Å². The van der Waals surface area contributed by atoms with Gasteiger partial charge in [0, 0.05) is 32.5 Å². The van der Waals surface area contributed by atoms with Crippen LogP contribution < -0.4 is 10.6 Å². The predicted octanol–water partition coefficient (Wildman–Crippen LogP) is 3.96. The molecule has 0 saturated heterocycles. The molecule has 0 aliphatic rings. The van der Waals surface area contributed by atoms with Crippen molar-refractivity contribution in [1.82, 2.24) is 20.4 Å². The van der Waals surface area contributed by atoms with Crippen LogP contribution in [0.4, 0.5) is 0 Å². The molecular weight excluding hydrogens is 449 g/mol. The van der Waals surface area contributed by atoms with Gasteiger partial charge in [-0.3, -0.25) is 4.99 Å². The maximum absolute atomic E-state index is 4.32. The summed E-state index contributed by atoms with van der Waals surface area (Å²) in [5.74, 6) is 1.22. The second-order valence-corrected chi connectivity index (χ2v) is 6.24. The first-order valence-corrected chi connectivity index (χ1v) is 8.84. The molecule has 6 heteroatoms. The van der Waals surface area contributed by atoms with Crippen LogP contribution in [-0.2, 0) is 6.54 Å². The number of halogens is 1. The molecule has 1 atom stereocenters. The zero-order chi connectivity index (χ0) is 18.2. The average Bonchev–Trinajstić information content (AvgIpc) is 3.24. The number of rotatable bonds is 6. The number of aromatic nitrogens is 2. The molecule has 0 aliphatic heterocycles. The zero-order valence-corrected chi connectivity index (χ0v) is 18.0. The Morgan fingerprint density at radius 2 is 1.89 bits per heavy atom. The van der Waals surface area contributed by atoms with Crippen molar-refractivity contribution in [1.29, 1.82) is 0 Å². The SMILES string of the molecule is CN=C(NCc1cccc(-n2cccn2)c1)NCC(C)c1ccccc1.I. The summed E-state index contributed by atoms with van der Waals surface area (Å²) in [6.07, 6.45) is 3.72. The lowest BCUT2D eigenvalue weighted by atomic mass is 10.0. The van der Waals surface area contributed by atoms with Gasteiger partial charge in [0.15, 0.2) is 5.96 Å². The maximum atomic E-state index is 4.32. The molecule has 0 aliphatic carbocycles. The fraction of sp³-hybridized carbons (Fsp3) is 0.238. The summed E-state index contributed by atoms with van der Waals surface area (Å²) in [6, 6.07) is 20.7. The summed E-state index contributed by atoms with van der Waals surface area (Å²) in [5, 5.41) is 11.1. The highest BCUT2D eigenvalue weighted by Crippen LogP contribution is 2.13. The quantitative estimate of drug-likeness (QED) is 0.323. The Kier molecular flexibility index (Phi) is 8.32. The van der Waals surface area contributed by atoms with Gasteiger partial charge in [-0.2, -0.15) is 5.10 Å². The number of nitrogens with zero attached hydrogens (tertiary/aromatic N) is 3. The smallest absolute Gasteiger partial charge is 0.191 e. The number of benzene rings is 2. The van der Waals surface area contributed by atoms with E-state index >= 15 is 0 Å². The summed E-state index contributed by atoms with van der Waals surface area (Å²) < 4.78 is 1.86. The minimum Gasteiger partial charge on any atom is -0.356 e. The molecule has 5 nitrogen and oxygen atoms in total. The first-order valence-electron chi connectivity index (χ1n) is 8.84. The Labute approximate surface area is 177 Å². The van der Waals surface area contributed by atoms with Gasteiger partial charge >= 0.3 is 0 Å². The Hall–Kier alpha value is -2.35. The molecule has 1 unspecified atom stereocenters. The molecule has 2 aromatic carbocycles. The van der Waals surface area contributed by atoms with Gasteiger partial charge in [-0.25, -0.2) is 4.68 Å². The molecule has 0 radical (unpaired) electrons. The third-order valence-corrected chi connectivity index (χ3v) is 4.31. The summed E-state index contributed by atoms with van der Waals surface area (Å²) in [4.78, 5) is 4.32. The fourth-order valence-electron chi connectivity index (χ4n) is 2.79. The summed E-state index contributed by atoms with van der Waals surface area (Å²) in [5.41, 5.74) is 3.55. The van der Waals surface area contributed by atoms with Gasteiger partial charge in [0.05, 0.1) is 5.69 Å². The molecule has 0 fully saturated rings.